The molecule has 0 aliphatic carbocycles. The molecule has 0 spiro atoms. The molecule has 8 heteroatoms. The third-order valence-electron chi connectivity index (χ3n) is 2.84. The Morgan fingerprint density at radius 3 is 2.64 bits per heavy atom. The molecule has 22 heavy (non-hydrogen) atoms. The van der Waals surface area contributed by atoms with E-state index in [-0.39, 0.29) is 41.4 Å². The highest BCUT2D eigenvalue weighted by molar-refractivity contribution is 5.95. The normalized spacial score (nSPS) is 11.2. The van der Waals surface area contributed by atoms with E-state index in [4.69, 9.17) is 4.74 Å². The summed E-state index contributed by atoms with van der Waals surface area (Å²) in [6, 6.07) is 4.34. The predicted molar refractivity (Wildman–Crippen MR) is 87.0 cm³/mol. The average Bonchev–Trinajstić information content (AvgIpc) is 2.45. The van der Waals surface area contributed by atoms with Crippen molar-refractivity contribution in [3.05, 3.63) is 33.9 Å². The van der Waals surface area contributed by atoms with Crippen LogP contribution in [0.4, 0.5) is 5.69 Å². The minimum Gasteiger partial charge on any atom is -0.487 e. The van der Waals surface area contributed by atoms with Gasteiger partial charge in [0.2, 0.25) is 0 Å². The molecule has 0 aliphatic heterocycles. The Morgan fingerprint density at radius 2 is 2.09 bits per heavy atom. The van der Waals surface area contributed by atoms with Crippen LogP contribution in [0.25, 0.3) is 0 Å². The number of nitrogens with one attached hydrogen (secondary N) is 2. The molecule has 7 nitrogen and oxygen atoms in total. The van der Waals surface area contributed by atoms with E-state index in [1.54, 1.807) is 6.92 Å². The first-order valence-corrected chi connectivity index (χ1v) is 6.92. The lowest BCUT2D eigenvalue weighted by molar-refractivity contribution is -0.385. The summed E-state index contributed by atoms with van der Waals surface area (Å²) < 4.78 is 5.18. The largest absolute Gasteiger partial charge is 0.487 e. The second kappa shape index (κ2) is 9.97. The maximum absolute atomic E-state index is 12.0. The summed E-state index contributed by atoms with van der Waals surface area (Å²) >= 11 is 0. The number of hydrogen-bond acceptors (Lipinski definition) is 5. The molecule has 1 rings (SSSR count). The van der Waals surface area contributed by atoms with Crippen LogP contribution in [-0.2, 0) is 0 Å². The smallest absolute Gasteiger partial charge is 0.311 e. The van der Waals surface area contributed by atoms with Gasteiger partial charge in [-0.1, -0.05) is 6.92 Å². The second-order valence-electron chi connectivity index (χ2n) is 4.54. The summed E-state index contributed by atoms with van der Waals surface area (Å²) in [4.78, 5) is 22.4. The van der Waals surface area contributed by atoms with Crippen molar-refractivity contribution in [2.75, 3.05) is 19.7 Å². The number of hydrogen-bond donors (Lipinski definition) is 2. The molecule has 1 aromatic rings. The number of carbonyl (C=O) groups is 1. The molecule has 0 aliphatic rings. The van der Waals surface area contributed by atoms with Crippen LogP contribution in [-0.4, -0.2) is 36.6 Å². The number of benzene rings is 1. The number of carbonyl (C=O) groups excluding carboxylic acids is 1. The summed E-state index contributed by atoms with van der Waals surface area (Å²) in [7, 11) is 0. The first-order chi connectivity index (χ1) is 9.99. The molecule has 0 saturated carbocycles. The first kappa shape index (κ1) is 20.1. The number of nitro groups is 1. The van der Waals surface area contributed by atoms with Crippen LogP contribution < -0.4 is 15.4 Å². The molecular weight excluding hydrogens is 310 g/mol. The third-order valence-corrected chi connectivity index (χ3v) is 2.84. The molecule has 0 saturated heterocycles. The van der Waals surface area contributed by atoms with E-state index in [9.17, 15) is 14.9 Å². The lowest BCUT2D eigenvalue weighted by atomic mass is 10.1. The van der Waals surface area contributed by atoms with Crippen LogP contribution in [0.1, 0.15) is 31.1 Å². The van der Waals surface area contributed by atoms with Crippen LogP contribution in [0.5, 0.6) is 5.75 Å². The Hall–Kier alpha value is -1.86. The van der Waals surface area contributed by atoms with Gasteiger partial charge in [0, 0.05) is 24.2 Å². The molecule has 0 heterocycles. The van der Waals surface area contributed by atoms with E-state index in [2.05, 4.69) is 10.6 Å². The second-order valence-corrected chi connectivity index (χ2v) is 4.54. The van der Waals surface area contributed by atoms with E-state index >= 15 is 0 Å². The van der Waals surface area contributed by atoms with Gasteiger partial charge in [0.05, 0.1) is 11.5 Å². The van der Waals surface area contributed by atoms with Crippen LogP contribution in [0.2, 0.25) is 0 Å². The molecule has 0 unspecified atom stereocenters. The number of ether oxygens (including phenoxy) is 1. The minimum atomic E-state index is -0.553. The number of likely N-dealkylation sites (N-methyl/N-ethyl adjacent to an activating group) is 1. The van der Waals surface area contributed by atoms with Crippen LogP contribution in [0.3, 0.4) is 0 Å². The molecule has 0 fully saturated rings. The predicted octanol–water partition coefficient (Wildman–Crippen LogP) is 2.14. The summed E-state index contributed by atoms with van der Waals surface area (Å²) in [5.41, 5.74) is 0.0399. The standard InChI is InChI=1S/C14H21N3O4.ClH/c1-4-15-10(3)9-16-14(18)11-6-7-13(21-5-2)12(8-11)17(19)20;/h6-8,10,15H,4-5,9H2,1-3H3,(H,16,18);1H/t10-;/m1./s1. The van der Waals surface area contributed by atoms with E-state index in [1.165, 1.54) is 18.2 Å². The molecule has 0 aromatic heterocycles. The van der Waals surface area contributed by atoms with Gasteiger partial charge >= 0.3 is 5.69 Å². The number of amides is 1. The summed E-state index contributed by atoms with van der Waals surface area (Å²) in [5.74, 6) is -0.175. The highest BCUT2D eigenvalue weighted by Gasteiger charge is 2.18. The number of rotatable bonds is 8. The van der Waals surface area contributed by atoms with E-state index in [0.717, 1.165) is 6.54 Å². The van der Waals surface area contributed by atoms with Gasteiger partial charge in [-0.2, -0.15) is 0 Å². The minimum absolute atomic E-state index is 0. The van der Waals surface area contributed by atoms with E-state index in [1.807, 2.05) is 13.8 Å². The molecule has 0 radical (unpaired) electrons. The molecule has 1 amide bonds. The molecule has 1 aromatic carbocycles. The zero-order valence-corrected chi connectivity index (χ0v) is 13.7. The molecule has 124 valence electrons. The van der Waals surface area contributed by atoms with Gasteiger partial charge in [-0.05, 0) is 32.5 Å². The zero-order chi connectivity index (χ0) is 15.8. The van der Waals surface area contributed by atoms with Crippen molar-refractivity contribution in [3.63, 3.8) is 0 Å². The van der Waals surface area contributed by atoms with Crippen molar-refractivity contribution in [2.24, 2.45) is 0 Å². The summed E-state index contributed by atoms with van der Waals surface area (Å²) in [6.45, 7) is 7.26. The van der Waals surface area contributed by atoms with Crippen LogP contribution in [0.15, 0.2) is 18.2 Å². The fourth-order valence-corrected chi connectivity index (χ4v) is 1.85. The number of nitrogens with zero attached hydrogens (tertiary/aromatic N) is 1. The molecule has 0 bridgehead atoms. The average molecular weight is 332 g/mol. The van der Waals surface area contributed by atoms with Gasteiger partial charge in [-0.15, -0.1) is 12.4 Å². The zero-order valence-electron chi connectivity index (χ0n) is 12.9. The van der Waals surface area contributed by atoms with Crippen molar-refractivity contribution in [3.8, 4) is 5.75 Å². The monoisotopic (exact) mass is 331 g/mol. The number of halogens is 1. The third kappa shape index (κ3) is 5.87. The fourth-order valence-electron chi connectivity index (χ4n) is 1.85. The topological polar surface area (TPSA) is 93.5 Å². The maximum Gasteiger partial charge on any atom is 0.311 e. The summed E-state index contributed by atoms with van der Waals surface area (Å²) in [6.07, 6.45) is 0. The Bertz CT molecular complexity index is 511. The van der Waals surface area contributed by atoms with Crippen LogP contribution in [0, 0.1) is 10.1 Å². The Morgan fingerprint density at radius 1 is 1.41 bits per heavy atom. The number of nitro benzene ring substituents is 1. The van der Waals surface area contributed by atoms with Crippen molar-refractivity contribution < 1.29 is 14.5 Å². The SMILES string of the molecule is CCN[C@H](C)CNC(=O)c1ccc(OCC)c([N+](=O)[O-])c1.Cl. The summed E-state index contributed by atoms with van der Waals surface area (Å²) in [5, 5.41) is 16.9. The van der Waals surface area contributed by atoms with Gasteiger partial charge in [-0.25, -0.2) is 0 Å². The van der Waals surface area contributed by atoms with Crippen molar-refractivity contribution in [2.45, 2.75) is 26.8 Å². The Labute approximate surface area is 136 Å². The fraction of sp³-hybridized carbons (Fsp3) is 0.500. The lowest BCUT2D eigenvalue weighted by Crippen LogP contribution is -2.38. The quantitative estimate of drug-likeness (QED) is 0.562. The first-order valence-electron chi connectivity index (χ1n) is 6.92. The van der Waals surface area contributed by atoms with Gasteiger partial charge < -0.3 is 15.4 Å². The molecular formula is C14H22ClN3O4. The van der Waals surface area contributed by atoms with Crippen molar-refractivity contribution in [1.82, 2.24) is 10.6 Å². The van der Waals surface area contributed by atoms with Gasteiger partial charge in [-0.3, -0.25) is 14.9 Å². The Balaban J connectivity index is 0.00000441. The highest BCUT2D eigenvalue weighted by Crippen LogP contribution is 2.27. The van der Waals surface area contributed by atoms with Gasteiger partial charge in [0.15, 0.2) is 5.75 Å². The van der Waals surface area contributed by atoms with Crippen molar-refractivity contribution in [1.29, 1.82) is 0 Å². The molecule has 2 N–H and O–H groups in total. The Kier molecular flexibility index (Phi) is 9.12. The van der Waals surface area contributed by atoms with Crippen molar-refractivity contribution >= 4 is 24.0 Å². The van der Waals surface area contributed by atoms with Gasteiger partial charge in [0.1, 0.15) is 0 Å². The van der Waals surface area contributed by atoms with E-state index < -0.39 is 4.92 Å². The highest BCUT2D eigenvalue weighted by atomic mass is 35.5. The lowest BCUT2D eigenvalue weighted by Gasteiger charge is -2.13. The maximum atomic E-state index is 12.0. The molecule has 1 atom stereocenters. The van der Waals surface area contributed by atoms with E-state index in [0.29, 0.717) is 13.2 Å². The van der Waals surface area contributed by atoms with Gasteiger partial charge in [0.25, 0.3) is 5.91 Å². The van der Waals surface area contributed by atoms with Crippen LogP contribution >= 0.6 is 12.4 Å².